The molecule has 0 radical (unpaired) electrons. The monoisotopic (exact) mass is 244 g/mol. The third-order valence-corrected chi connectivity index (χ3v) is 2.91. The molecule has 1 aromatic rings. The summed E-state index contributed by atoms with van der Waals surface area (Å²) in [5.74, 6) is 0. The molecule has 0 spiro atoms. The van der Waals surface area contributed by atoms with Gasteiger partial charge in [0.25, 0.3) is 0 Å². The SMILES string of the molecule is CCCCNNc1ccncc1S(N)(=O)=O. The third kappa shape index (κ3) is 3.76. The molecule has 0 amide bonds. The number of hydrazine groups is 1. The number of hydrogen-bond donors (Lipinski definition) is 3. The molecule has 6 nitrogen and oxygen atoms in total. The molecular weight excluding hydrogens is 228 g/mol. The van der Waals surface area contributed by atoms with Gasteiger partial charge < -0.3 is 5.43 Å². The lowest BCUT2D eigenvalue weighted by molar-refractivity contribution is 0.597. The minimum Gasteiger partial charge on any atom is -0.320 e. The van der Waals surface area contributed by atoms with Gasteiger partial charge in [-0.1, -0.05) is 13.3 Å². The van der Waals surface area contributed by atoms with Gasteiger partial charge in [-0.05, 0) is 12.5 Å². The summed E-state index contributed by atoms with van der Waals surface area (Å²) in [6.45, 7) is 2.83. The van der Waals surface area contributed by atoms with Crippen LogP contribution in [0.1, 0.15) is 19.8 Å². The van der Waals surface area contributed by atoms with E-state index in [0.29, 0.717) is 5.69 Å². The van der Waals surface area contributed by atoms with E-state index in [4.69, 9.17) is 5.14 Å². The lowest BCUT2D eigenvalue weighted by atomic mass is 10.3. The van der Waals surface area contributed by atoms with Gasteiger partial charge >= 0.3 is 0 Å². The molecule has 0 unspecified atom stereocenters. The highest BCUT2D eigenvalue weighted by Crippen LogP contribution is 2.16. The van der Waals surface area contributed by atoms with Gasteiger partial charge in [-0.25, -0.2) is 19.0 Å². The summed E-state index contributed by atoms with van der Waals surface area (Å²) in [5.41, 5.74) is 6.13. The van der Waals surface area contributed by atoms with E-state index in [-0.39, 0.29) is 4.90 Å². The summed E-state index contributed by atoms with van der Waals surface area (Å²) in [6, 6.07) is 1.55. The Hall–Kier alpha value is -1.18. The summed E-state index contributed by atoms with van der Waals surface area (Å²) in [5, 5.41) is 5.05. The first-order valence-corrected chi connectivity index (χ1v) is 6.56. The highest BCUT2D eigenvalue weighted by atomic mass is 32.2. The zero-order valence-corrected chi connectivity index (χ0v) is 9.92. The predicted molar refractivity (Wildman–Crippen MR) is 62.1 cm³/mol. The van der Waals surface area contributed by atoms with Gasteiger partial charge in [0.05, 0.1) is 5.69 Å². The second-order valence-electron chi connectivity index (χ2n) is 3.32. The molecule has 4 N–H and O–H groups in total. The van der Waals surface area contributed by atoms with Gasteiger partial charge in [0.2, 0.25) is 10.0 Å². The summed E-state index contributed by atoms with van der Waals surface area (Å²) >= 11 is 0. The summed E-state index contributed by atoms with van der Waals surface area (Å²) in [6.07, 6.45) is 4.79. The predicted octanol–water partition coefficient (Wildman–Crippen LogP) is 0.446. The number of sulfonamides is 1. The van der Waals surface area contributed by atoms with E-state index >= 15 is 0 Å². The number of aromatic nitrogens is 1. The van der Waals surface area contributed by atoms with Crippen molar-refractivity contribution in [1.29, 1.82) is 0 Å². The van der Waals surface area contributed by atoms with Crippen molar-refractivity contribution < 1.29 is 8.42 Å². The maximum Gasteiger partial charge on any atom is 0.241 e. The number of hydrogen-bond acceptors (Lipinski definition) is 5. The zero-order chi connectivity index (χ0) is 12.0. The Morgan fingerprint density at radius 3 is 2.88 bits per heavy atom. The molecule has 16 heavy (non-hydrogen) atoms. The van der Waals surface area contributed by atoms with Crippen molar-refractivity contribution in [2.75, 3.05) is 12.0 Å². The largest absolute Gasteiger partial charge is 0.320 e. The summed E-state index contributed by atoms with van der Waals surface area (Å²) < 4.78 is 22.4. The maximum absolute atomic E-state index is 11.2. The molecule has 0 fully saturated rings. The summed E-state index contributed by atoms with van der Waals surface area (Å²) in [7, 11) is -3.74. The second kappa shape index (κ2) is 5.78. The van der Waals surface area contributed by atoms with Crippen molar-refractivity contribution >= 4 is 15.7 Å². The molecule has 1 heterocycles. The quantitative estimate of drug-likeness (QED) is 0.498. The average Bonchev–Trinajstić information content (AvgIpc) is 2.24. The van der Waals surface area contributed by atoms with E-state index < -0.39 is 10.0 Å². The van der Waals surface area contributed by atoms with Gasteiger partial charge in [-0.3, -0.25) is 4.98 Å². The smallest absolute Gasteiger partial charge is 0.241 e. The van der Waals surface area contributed by atoms with E-state index in [2.05, 4.69) is 22.8 Å². The first-order chi connectivity index (χ1) is 7.55. The number of primary sulfonamides is 1. The fourth-order valence-corrected chi connectivity index (χ4v) is 1.77. The molecule has 0 atom stereocenters. The van der Waals surface area contributed by atoms with Crippen LogP contribution in [0, 0.1) is 0 Å². The minimum atomic E-state index is -3.74. The maximum atomic E-state index is 11.2. The number of pyridine rings is 1. The van der Waals surface area contributed by atoms with Crippen LogP contribution in [0.2, 0.25) is 0 Å². The lowest BCUT2D eigenvalue weighted by Crippen LogP contribution is -2.25. The Balaban J connectivity index is 2.73. The van der Waals surface area contributed by atoms with Crippen LogP contribution in [0.5, 0.6) is 0 Å². The van der Waals surface area contributed by atoms with Crippen molar-refractivity contribution in [2.24, 2.45) is 5.14 Å². The van der Waals surface area contributed by atoms with Crippen molar-refractivity contribution in [1.82, 2.24) is 10.4 Å². The molecule has 7 heteroatoms. The highest BCUT2D eigenvalue weighted by molar-refractivity contribution is 7.89. The van der Waals surface area contributed by atoms with Gasteiger partial charge in [0.1, 0.15) is 4.90 Å². The summed E-state index contributed by atoms with van der Waals surface area (Å²) in [4.78, 5) is 3.71. The highest BCUT2D eigenvalue weighted by Gasteiger charge is 2.13. The van der Waals surface area contributed by atoms with Crippen LogP contribution in [0.25, 0.3) is 0 Å². The molecule has 0 saturated carbocycles. The molecule has 90 valence electrons. The van der Waals surface area contributed by atoms with Gasteiger partial charge in [0, 0.05) is 18.9 Å². The van der Waals surface area contributed by atoms with Crippen LogP contribution in [0.15, 0.2) is 23.4 Å². The number of anilines is 1. The van der Waals surface area contributed by atoms with E-state index in [0.717, 1.165) is 19.4 Å². The van der Waals surface area contributed by atoms with Crippen LogP contribution < -0.4 is 16.0 Å². The van der Waals surface area contributed by atoms with E-state index in [1.165, 1.54) is 12.4 Å². The minimum absolute atomic E-state index is 0.0148. The van der Waals surface area contributed by atoms with Crippen LogP contribution >= 0.6 is 0 Å². The fraction of sp³-hybridized carbons (Fsp3) is 0.444. The number of rotatable bonds is 6. The van der Waals surface area contributed by atoms with Crippen LogP contribution in [0.4, 0.5) is 5.69 Å². The van der Waals surface area contributed by atoms with Crippen molar-refractivity contribution in [3.05, 3.63) is 18.5 Å². The fourth-order valence-electron chi connectivity index (χ4n) is 1.13. The van der Waals surface area contributed by atoms with Crippen molar-refractivity contribution in [2.45, 2.75) is 24.7 Å². The third-order valence-electron chi connectivity index (χ3n) is 1.97. The normalized spacial score (nSPS) is 11.4. The van der Waals surface area contributed by atoms with Gasteiger partial charge in [-0.2, -0.15) is 0 Å². The van der Waals surface area contributed by atoms with E-state index in [9.17, 15) is 8.42 Å². The molecule has 0 bridgehead atoms. The number of nitrogens with two attached hydrogens (primary N) is 1. The van der Waals surface area contributed by atoms with Crippen LogP contribution in [-0.4, -0.2) is 19.9 Å². The van der Waals surface area contributed by atoms with Gasteiger partial charge in [-0.15, -0.1) is 0 Å². The first-order valence-electron chi connectivity index (χ1n) is 5.01. The number of nitrogens with zero attached hydrogens (tertiary/aromatic N) is 1. The van der Waals surface area contributed by atoms with E-state index in [1.807, 2.05) is 0 Å². The average molecular weight is 244 g/mol. The van der Waals surface area contributed by atoms with Crippen LogP contribution in [0.3, 0.4) is 0 Å². The Labute approximate surface area is 95.3 Å². The standard InChI is InChI=1S/C9H16N4O2S/c1-2-3-5-12-13-8-4-6-11-7-9(8)16(10,14)15/h4,6-7,12H,2-3,5H2,1H3,(H,11,13)(H2,10,14,15). The molecule has 1 aromatic heterocycles. The molecule has 0 aliphatic rings. The Bertz CT molecular complexity index is 433. The second-order valence-corrected chi connectivity index (χ2v) is 4.85. The van der Waals surface area contributed by atoms with E-state index in [1.54, 1.807) is 6.07 Å². The molecule has 0 aromatic carbocycles. The van der Waals surface area contributed by atoms with Crippen molar-refractivity contribution in [3.8, 4) is 0 Å². The Morgan fingerprint density at radius 2 is 2.25 bits per heavy atom. The van der Waals surface area contributed by atoms with Crippen molar-refractivity contribution in [3.63, 3.8) is 0 Å². The number of nitrogens with one attached hydrogen (secondary N) is 2. The van der Waals surface area contributed by atoms with Crippen LogP contribution in [-0.2, 0) is 10.0 Å². The molecule has 1 rings (SSSR count). The molecule has 0 aliphatic heterocycles. The molecule has 0 saturated heterocycles. The molecular formula is C9H16N4O2S. The zero-order valence-electron chi connectivity index (χ0n) is 9.10. The topological polar surface area (TPSA) is 97.1 Å². The molecule has 0 aliphatic carbocycles. The first kappa shape index (κ1) is 12.9. The number of unbranched alkanes of at least 4 members (excludes halogenated alkanes) is 1. The van der Waals surface area contributed by atoms with Gasteiger partial charge in [0.15, 0.2) is 0 Å². The lowest BCUT2D eigenvalue weighted by Gasteiger charge is -2.10. The Morgan fingerprint density at radius 1 is 1.50 bits per heavy atom. The Kier molecular flexibility index (Phi) is 4.66.